The molecule has 0 amide bonds. The fraction of sp³-hybridized carbons (Fsp3) is 0.367. The first-order chi connectivity index (χ1) is 17.2. The monoisotopic (exact) mass is 491 g/mol. The van der Waals surface area contributed by atoms with E-state index in [9.17, 15) is 9.59 Å². The summed E-state index contributed by atoms with van der Waals surface area (Å²) >= 11 is 0. The number of allylic oxidation sites excluding steroid dienone is 1. The summed E-state index contributed by atoms with van der Waals surface area (Å²) in [7, 11) is 0. The molecule has 0 radical (unpaired) electrons. The molecule has 192 valence electrons. The first kappa shape index (κ1) is 28.6. The van der Waals surface area contributed by atoms with Gasteiger partial charge in [-0.15, -0.1) is 0 Å². The van der Waals surface area contributed by atoms with Crippen molar-refractivity contribution in [3.63, 3.8) is 0 Å². The van der Waals surface area contributed by atoms with Gasteiger partial charge < -0.3 is 14.9 Å². The van der Waals surface area contributed by atoms with E-state index < -0.39 is 11.9 Å². The number of benzene rings is 2. The quantitative estimate of drug-likeness (QED) is 0.273. The van der Waals surface area contributed by atoms with E-state index in [1.54, 1.807) is 0 Å². The summed E-state index contributed by atoms with van der Waals surface area (Å²) in [6.07, 6.45) is 12.7. The number of rotatable bonds is 11. The minimum absolute atomic E-state index is 0.0951. The molecule has 0 aliphatic carbocycles. The maximum Gasteiger partial charge on any atom is 0.328 e. The number of carboxylic acids is 2. The van der Waals surface area contributed by atoms with Crippen LogP contribution in [-0.4, -0.2) is 40.0 Å². The van der Waals surface area contributed by atoms with Crippen LogP contribution in [-0.2, 0) is 16.0 Å². The normalized spacial score (nSPS) is 14.0. The Kier molecular flexibility index (Phi) is 11.6. The lowest BCUT2D eigenvalue weighted by atomic mass is 9.86. The fourth-order valence-electron chi connectivity index (χ4n) is 3.85. The number of unbranched alkanes of at least 4 members (excludes halogenated alkanes) is 4. The molecule has 1 heterocycles. The zero-order chi connectivity index (χ0) is 26.4. The van der Waals surface area contributed by atoms with Gasteiger partial charge in [0.25, 0.3) is 0 Å². The number of nitrogens with zero attached hydrogens (tertiary/aromatic N) is 1. The zero-order valence-corrected chi connectivity index (χ0v) is 21.4. The van der Waals surface area contributed by atoms with E-state index in [1.165, 1.54) is 42.4 Å². The van der Waals surface area contributed by atoms with E-state index in [1.807, 2.05) is 6.07 Å². The van der Waals surface area contributed by atoms with Gasteiger partial charge in [-0.25, -0.2) is 9.59 Å². The minimum Gasteiger partial charge on any atom is -0.494 e. The highest BCUT2D eigenvalue weighted by atomic mass is 16.5. The molecule has 6 heteroatoms. The van der Waals surface area contributed by atoms with Crippen molar-refractivity contribution in [3.05, 3.63) is 83.4 Å². The highest BCUT2D eigenvalue weighted by molar-refractivity contribution is 6.12. The number of carbonyl (C=O) groups is 2. The average molecular weight is 492 g/mol. The van der Waals surface area contributed by atoms with Crippen molar-refractivity contribution in [3.8, 4) is 5.75 Å². The molecule has 3 rings (SSSR count). The molecule has 0 spiro atoms. The summed E-state index contributed by atoms with van der Waals surface area (Å²) in [5.41, 5.74) is 4.71. The third-order valence-corrected chi connectivity index (χ3v) is 5.52. The van der Waals surface area contributed by atoms with E-state index >= 15 is 0 Å². The van der Waals surface area contributed by atoms with Crippen molar-refractivity contribution < 1.29 is 24.5 Å². The lowest BCUT2D eigenvalue weighted by molar-refractivity contribution is -0.134. The molecule has 0 saturated carbocycles. The second-order valence-electron chi connectivity index (χ2n) is 9.32. The van der Waals surface area contributed by atoms with Gasteiger partial charge in [0, 0.05) is 17.7 Å². The number of hydrogen-bond acceptors (Lipinski definition) is 4. The molecule has 0 atom stereocenters. The maximum atomic E-state index is 9.55. The van der Waals surface area contributed by atoms with Gasteiger partial charge in [0.2, 0.25) is 0 Å². The van der Waals surface area contributed by atoms with E-state index in [2.05, 4.69) is 75.4 Å². The predicted octanol–water partition coefficient (Wildman–Crippen LogP) is 6.58. The van der Waals surface area contributed by atoms with Crippen molar-refractivity contribution >= 4 is 23.7 Å². The van der Waals surface area contributed by atoms with Crippen LogP contribution in [0.15, 0.2) is 71.8 Å². The molecule has 36 heavy (non-hydrogen) atoms. The predicted molar refractivity (Wildman–Crippen MR) is 145 cm³/mol. The molecule has 1 aliphatic rings. The Morgan fingerprint density at radius 3 is 2.25 bits per heavy atom. The Morgan fingerprint density at radius 2 is 1.61 bits per heavy atom. The zero-order valence-electron chi connectivity index (χ0n) is 21.4. The average Bonchev–Trinajstić information content (AvgIpc) is 2.83. The van der Waals surface area contributed by atoms with E-state index in [0.29, 0.717) is 12.2 Å². The fourth-order valence-corrected chi connectivity index (χ4v) is 3.85. The molecule has 2 N–H and O–H groups in total. The van der Waals surface area contributed by atoms with Crippen molar-refractivity contribution in [2.75, 3.05) is 6.61 Å². The summed E-state index contributed by atoms with van der Waals surface area (Å²) in [4.78, 5) is 24.1. The van der Waals surface area contributed by atoms with Crippen LogP contribution in [0.3, 0.4) is 0 Å². The van der Waals surface area contributed by atoms with Gasteiger partial charge in [-0.05, 0) is 62.1 Å². The Balaban J connectivity index is 0.000000493. The summed E-state index contributed by atoms with van der Waals surface area (Å²) < 4.78 is 6.03. The van der Waals surface area contributed by atoms with Crippen LogP contribution in [0.5, 0.6) is 5.75 Å². The topological polar surface area (TPSA) is 96.2 Å². The SMILES string of the molecule is CCCCCCCOc1ccc2c(c1)CC(C)(C)N=C2C=Cc1ccccc1.O=C(O)C=CC(=O)O. The molecule has 1 aliphatic heterocycles. The van der Waals surface area contributed by atoms with Crippen molar-refractivity contribution in [1.82, 2.24) is 0 Å². The van der Waals surface area contributed by atoms with Gasteiger partial charge in [0.1, 0.15) is 5.75 Å². The van der Waals surface area contributed by atoms with Crippen LogP contribution < -0.4 is 4.74 Å². The van der Waals surface area contributed by atoms with Crippen LogP contribution in [0.1, 0.15) is 69.6 Å². The van der Waals surface area contributed by atoms with Crippen molar-refractivity contribution in [1.29, 1.82) is 0 Å². The Bertz CT molecular complexity index is 1070. The third-order valence-electron chi connectivity index (χ3n) is 5.52. The van der Waals surface area contributed by atoms with Gasteiger partial charge >= 0.3 is 11.9 Å². The van der Waals surface area contributed by atoms with Gasteiger partial charge in [0.05, 0.1) is 17.9 Å². The molecule has 0 fully saturated rings. The van der Waals surface area contributed by atoms with Crippen LogP contribution in [0, 0.1) is 0 Å². The second-order valence-corrected chi connectivity index (χ2v) is 9.32. The lowest BCUT2D eigenvalue weighted by Gasteiger charge is -2.28. The maximum absolute atomic E-state index is 9.55. The molecule has 0 aromatic heterocycles. The van der Waals surface area contributed by atoms with E-state index in [0.717, 1.165) is 30.9 Å². The molecule has 0 saturated heterocycles. The molecular formula is C30H37NO5. The molecular weight excluding hydrogens is 454 g/mol. The second kappa shape index (κ2) is 14.7. The van der Waals surface area contributed by atoms with E-state index in [-0.39, 0.29) is 5.54 Å². The van der Waals surface area contributed by atoms with Gasteiger partial charge in [-0.1, -0.05) is 69.0 Å². The van der Waals surface area contributed by atoms with Crippen LogP contribution in [0.25, 0.3) is 6.08 Å². The van der Waals surface area contributed by atoms with Gasteiger partial charge in [-0.3, -0.25) is 4.99 Å². The first-order valence-corrected chi connectivity index (χ1v) is 12.4. The molecule has 0 unspecified atom stereocenters. The number of carboxylic acid groups (broad SMARTS) is 2. The number of fused-ring (bicyclic) bond motifs is 1. The number of aliphatic imine (C=N–C) groups is 1. The standard InChI is InChI=1S/C26H33NO.C4H4O4/c1-4-5-6-7-11-18-28-23-15-16-24-22(19-23)20-26(2,3)27-25(24)17-14-21-12-9-8-10-13-21;5-3(6)1-2-4(7)8/h8-10,12-17,19H,4-7,11,18,20H2,1-3H3;1-2H,(H,5,6)(H,7,8). The number of ether oxygens (including phenoxy) is 1. The molecule has 0 bridgehead atoms. The lowest BCUT2D eigenvalue weighted by Crippen LogP contribution is -2.28. The Labute approximate surface area is 214 Å². The summed E-state index contributed by atoms with van der Waals surface area (Å²) in [6, 6.07) is 16.9. The molecule has 6 nitrogen and oxygen atoms in total. The van der Waals surface area contributed by atoms with Crippen LogP contribution in [0.4, 0.5) is 0 Å². The molecule has 2 aromatic rings. The number of aliphatic carboxylic acids is 2. The molecule has 2 aromatic carbocycles. The summed E-state index contributed by atoms with van der Waals surface area (Å²) in [6.45, 7) is 7.46. The van der Waals surface area contributed by atoms with E-state index in [4.69, 9.17) is 19.9 Å². The van der Waals surface area contributed by atoms with Gasteiger partial charge in [-0.2, -0.15) is 0 Å². The highest BCUT2D eigenvalue weighted by Gasteiger charge is 2.26. The van der Waals surface area contributed by atoms with Crippen LogP contribution in [0.2, 0.25) is 0 Å². The smallest absolute Gasteiger partial charge is 0.328 e. The minimum atomic E-state index is -1.26. The third kappa shape index (κ3) is 10.7. The Morgan fingerprint density at radius 1 is 0.944 bits per heavy atom. The van der Waals surface area contributed by atoms with Crippen LogP contribution >= 0.6 is 0 Å². The van der Waals surface area contributed by atoms with Gasteiger partial charge in [0.15, 0.2) is 0 Å². The largest absolute Gasteiger partial charge is 0.494 e. The summed E-state index contributed by atoms with van der Waals surface area (Å²) in [5.74, 6) is -1.53. The number of hydrogen-bond donors (Lipinski definition) is 2. The summed E-state index contributed by atoms with van der Waals surface area (Å²) in [5, 5.41) is 15.6. The first-order valence-electron chi connectivity index (χ1n) is 12.4. The Hall–Kier alpha value is -3.67. The highest BCUT2D eigenvalue weighted by Crippen LogP contribution is 2.30. The van der Waals surface area contributed by atoms with Crippen molar-refractivity contribution in [2.45, 2.75) is 64.8 Å². The van der Waals surface area contributed by atoms with Crippen molar-refractivity contribution in [2.24, 2.45) is 4.99 Å².